The molecule has 0 aliphatic heterocycles. The molecular weight excluding hydrogens is 376 g/mol. The minimum atomic E-state index is -2.50. The van der Waals surface area contributed by atoms with Gasteiger partial charge in [0.15, 0.2) is 0 Å². The summed E-state index contributed by atoms with van der Waals surface area (Å²) in [5.41, 5.74) is 0.195. The third-order valence-corrected chi connectivity index (χ3v) is 10.6. The maximum atomic E-state index is 14.7. The molecule has 0 unspecified atom stereocenters. The van der Waals surface area contributed by atoms with Crippen LogP contribution in [0.4, 0.5) is 8.78 Å². The van der Waals surface area contributed by atoms with Crippen molar-refractivity contribution in [1.82, 2.24) is 4.98 Å². The molecule has 0 N–H and O–H groups in total. The monoisotopic (exact) mass is 399 g/mol. The maximum absolute atomic E-state index is 14.7. The molecule has 1 heterocycles. The number of hydrogen-bond acceptors (Lipinski definition) is 3. The standard InChI is InChI=1S/C22H23F2NO2Si/c1-22(2,3)28(4,5)21(26)19-16(23)9-7-11-18(19)27-15-12-14-8-6-10-17(24)20(14)25-13-15/h6-13H,1-5H3. The molecule has 3 rings (SSSR count). The Morgan fingerprint density at radius 1 is 1.04 bits per heavy atom. The Balaban J connectivity index is 2.05. The fourth-order valence-corrected chi connectivity index (χ4v) is 4.30. The number of carbonyl (C=O) groups excluding carboxylic acids is 1. The van der Waals surface area contributed by atoms with Gasteiger partial charge in [-0.15, -0.1) is 0 Å². The van der Waals surface area contributed by atoms with Crippen molar-refractivity contribution in [2.24, 2.45) is 0 Å². The first-order valence-electron chi connectivity index (χ1n) is 9.08. The molecule has 3 nitrogen and oxygen atoms in total. The Kier molecular flexibility index (Phi) is 5.10. The first-order valence-corrected chi connectivity index (χ1v) is 12.1. The van der Waals surface area contributed by atoms with E-state index in [9.17, 15) is 13.6 Å². The van der Waals surface area contributed by atoms with Crippen LogP contribution in [0.2, 0.25) is 18.1 Å². The number of para-hydroxylation sites is 1. The van der Waals surface area contributed by atoms with E-state index in [4.69, 9.17) is 4.74 Å². The zero-order valence-corrected chi connectivity index (χ0v) is 17.6. The fraction of sp³-hybridized carbons (Fsp3) is 0.273. The molecule has 0 bridgehead atoms. The number of hydrogen-bond donors (Lipinski definition) is 0. The van der Waals surface area contributed by atoms with Crippen molar-refractivity contribution < 1.29 is 18.3 Å². The Morgan fingerprint density at radius 2 is 1.68 bits per heavy atom. The summed E-state index contributed by atoms with van der Waals surface area (Å²) in [6.45, 7) is 9.87. The summed E-state index contributed by atoms with van der Waals surface area (Å²) in [6.07, 6.45) is 1.37. The Labute approximate surface area is 164 Å². The summed E-state index contributed by atoms with van der Waals surface area (Å²) in [4.78, 5) is 17.4. The molecule has 0 saturated carbocycles. The molecule has 0 aliphatic carbocycles. The van der Waals surface area contributed by atoms with Crippen LogP contribution in [0.15, 0.2) is 48.7 Å². The molecule has 28 heavy (non-hydrogen) atoms. The molecule has 0 atom stereocenters. The average Bonchev–Trinajstić information content (AvgIpc) is 2.60. The SMILES string of the molecule is CC(C)(C)[Si](C)(C)C(=O)c1c(F)cccc1Oc1cnc2c(F)cccc2c1. The number of pyridine rings is 1. The lowest BCUT2D eigenvalue weighted by Crippen LogP contribution is -2.46. The molecule has 0 amide bonds. The van der Waals surface area contributed by atoms with Crippen LogP contribution in [0.25, 0.3) is 10.9 Å². The normalized spacial score (nSPS) is 12.2. The number of carbonyl (C=O) groups is 1. The van der Waals surface area contributed by atoms with Crippen LogP contribution in [0.5, 0.6) is 11.5 Å². The molecule has 146 valence electrons. The Bertz CT molecular complexity index is 1060. The van der Waals surface area contributed by atoms with Gasteiger partial charge in [0.25, 0.3) is 0 Å². The molecule has 1 aromatic heterocycles. The lowest BCUT2D eigenvalue weighted by molar-refractivity contribution is 0.105. The summed E-state index contributed by atoms with van der Waals surface area (Å²) in [5.74, 6) is -0.573. The smallest absolute Gasteiger partial charge is 0.149 e. The summed E-state index contributed by atoms with van der Waals surface area (Å²) in [7, 11) is -2.50. The molecule has 0 spiro atoms. The zero-order chi connectivity index (χ0) is 20.7. The van der Waals surface area contributed by atoms with Crippen LogP contribution in [0, 0.1) is 11.6 Å². The van der Waals surface area contributed by atoms with E-state index in [1.54, 1.807) is 24.3 Å². The van der Waals surface area contributed by atoms with Gasteiger partial charge < -0.3 is 4.74 Å². The zero-order valence-electron chi connectivity index (χ0n) is 16.6. The van der Waals surface area contributed by atoms with Crippen LogP contribution < -0.4 is 4.74 Å². The van der Waals surface area contributed by atoms with Gasteiger partial charge in [-0.25, -0.2) is 13.8 Å². The lowest BCUT2D eigenvalue weighted by Gasteiger charge is -2.35. The first-order chi connectivity index (χ1) is 13.0. The van der Waals surface area contributed by atoms with Gasteiger partial charge >= 0.3 is 0 Å². The third kappa shape index (κ3) is 3.56. The quantitative estimate of drug-likeness (QED) is 0.468. The van der Waals surface area contributed by atoms with Crippen molar-refractivity contribution >= 4 is 24.4 Å². The van der Waals surface area contributed by atoms with Crippen LogP contribution in [-0.4, -0.2) is 18.5 Å². The van der Waals surface area contributed by atoms with Gasteiger partial charge in [0.05, 0.1) is 11.8 Å². The molecule has 0 saturated heterocycles. The highest BCUT2D eigenvalue weighted by Crippen LogP contribution is 2.40. The van der Waals surface area contributed by atoms with Crippen molar-refractivity contribution in [1.29, 1.82) is 0 Å². The predicted octanol–water partition coefficient (Wildman–Crippen LogP) is 6.54. The van der Waals surface area contributed by atoms with E-state index in [0.29, 0.717) is 11.1 Å². The van der Waals surface area contributed by atoms with E-state index in [-0.39, 0.29) is 27.3 Å². The minimum absolute atomic E-state index is 0.0339. The molecule has 0 radical (unpaired) electrons. The van der Waals surface area contributed by atoms with E-state index in [0.717, 1.165) is 0 Å². The van der Waals surface area contributed by atoms with E-state index in [1.165, 1.54) is 24.4 Å². The largest absolute Gasteiger partial charge is 0.455 e. The molecule has 0 aliphatic rings. The topological polar surface area (TPSA) is 39.2 Å². The van der Waals surface area contributed by atoms with Crippen LogP contribution >= 0.6 is 0 Å². The number of ether oxygens (including phenoxy) is 1. The number of halogens is 2. The third-order valence-electron chi connectivity index (χ3n) is 5.51. The van der Waals surface area contributed by atoms with Gasteiger partial charge in [0, 0.05) is 5.39 Å². The van der Waals surface area contributed by atoms with E-state index in [2.05, 4.69) is 4.98 Å². The van der Waals surface area contributed by atoms with Gasteiger partial charge in [0.2, 0.25) is 0 Å². The Morgan fingerprint density at radius 3 is 2.36 bits per heavy atom. The molecule has 0 fully saturated rings. The second-order valence-electron chi connectivity index (χ2n) is 8.40. The van der Waals surface area contributed by atoms with Gasteiger partial charge in [-0.2, -0.15) is 0 Å². The minimum Gasteiger partial charge on any atom is -0.455 e. The van der Waals surface area contributed by atoms with Gasteiger partial charge in [-0.05, 0) is 29.3 Å². The maximum Gasteiger partial charge on any atom is 0.149 e. The van der Waals surface area contributed by atoms with E-state index >= 15 is 0 Å². The highest BCUT2D eigenvalue weighted by atomic mass is 28.3. The van der Waals surface area contributed by atoms with E-state index < -0.39 is 19.7 Å². The Hall–Kier alpha value is -2.60. The van der Waals surface area contributed by atoms with Crippen LogP contribution in [0.3, 0.4) is 0 Å². The van der Waals surface area contributed by atoms with E-state index in [1.807, 2.05) is 33.9 Å². The lowest BCUT2D eigenvalue weighted by atomic mass is 10.2. The van der Waals surface area contributed by atoms with Crippen molar-refractivity contribution in [3.63, 3.8) is 0 Å². The first kappa shape index (κ1) is 20.1. The highest BCUT2D eigenvalue weighted by Gasteiger charge is 2.44. The van der Waals surface area contributed by atoms with Crippen molar-refractivity contribution in [2.45, 2.75) is 38.9 Å². The number of nitrogens with zero attached hydrogens (tertiary/aromatic N) is 1. The predicted molar refractivity (Wildman–Crippen MR) is 110 cm³/mol. The highest BCUT2D eigenvalue weighted by molar-refractivity contribution is 7.08. The van der Waals surface area contributed by atoms with Gasteiger partial charge in [0.1, 0.15) is 42.1 Å². The van der Waals surface area contributed by atoms with Crippen molar-refractivity contribution in [3.05, 3.63) is 65.9 Å². The summed E-state index contributed by atoms with van der Waals surface area (Å²) >= 11 is 0. The summed E-state index contributed by atoms with van der Waals surface area (Å²) in [5, 5.41) is 0.116. The second kappa shape index (κ2) is 7.09. The number of aromatic nitrogens is 1. The number of fused-ring (bicyclic) bond motifs is 1. The molecule has 2 aromatic carbocycles. The van der Waals surface area contributed by atoms with Gasteiger partial charge in [-0.1, -0.05) is 52.1 Å². The van der Waals surface area contributed by atoms with Crippen LogP contribution in [-0.2, 0) is 0 Å². The molecular formula is C22H23F2NO2Si. The molecule has 3 aromatic rings. The number of rotatable bonds is 4. The second-order valence-corrected chi connectivity index (χ2v) is 13.6. The fourth-order valence-electron chi connectivity index (χ4n) is 2.75. The van der Waals surface area contributed by atoms with Gasteiger partial charge in [-0.3, -0.25) is 4.79 Å². The van der Waals surface area contributed by atoms with Crippen molar-refractivity contribution in [2.75, 3.05) is 0 Å². The number of benzene rings is 2. The average molecular weight is 400 g/mol. The van der Waals surface area contributed by atoms with Crippen molar-refractivity contribution in [3.8, 4) is 11.5 Å². The summed E-state index contributed by atoms with van der Waals surface area (Å²) in [6, 6.07) is 10.6. The summed E-state index contributed by atoms with van der Waals surface area (Å²) < 4.78 is 34.3. The van der Waals surface area contributed by atoms with Crippen LogP contribution in [0.1, 0.15) is 31.1 Å². The molecule has 6 heteroatoms.